The van der Waals surface area contributed by atoms with Crippen LogP contribution in [0.25, 0.3) is 0 Å². The van der Waals surface area contributed by atoms with E-state index in [1.807, 2.05) is 0 Å². The van der Waals surface area contributed by atoms with Crippen LogP contribution in [-0.2, 0) is 24.1 Å². The molecule has 0 saturated carbocycles. The van der Waals surface area contributed by atoms with Gasteiger partial charge < -0.3 is 24.6 Å². The highest BCUT2D eigenvalue weighted by atomic mass is 16.6. The largest absolute Gasteiger partial charge is 0.496 e. The topological polar surface area (TPSA) is 71.1 Å². The summed E-state index contributed by atoms with van der Waals surface area (Å²) in [7, 11) is 3.40. The summed E-state index contributed by atoms with van der Waals surface area (Å²) in [6.07, 6.45) is 4.69. The molecule has 0 unspecified atom stereocenters. The van der Waals surface area contributed by atoms with Crippen LogP contribution in [0.15, 0.2) is 12.1 Å². The zero-order valence-electron chi connectivity index (χ0n) is 16.0. The Hall–Kier alpha value is -2.44. The van der Waals surface area contributed by atoms with Crippen molar-refractivity contribution in [2.24, 2.45) is 0 Å². The highest BCUT2D eigenvalue weighted by Gasteiger charge is 2.47. The average Bonchev–Trinajstić information content (AvgIpc) is 3.22. The van der Waals surface area contributed by atoms with Crippen LogP contribution in [0.5, 0.6) is 5.75 Å². The average molecular weight is 373 g/mol. The molecule has 4 rings (SSSR count). The quantitative estimate of drug-likeness (QED) is 0.883. The zero-order chi connectivity index (χ0) is 19.0. The minimum atomic E-state index is -0.563. The number of benzene rings is 1. The van der Waals surface area contributed by atoms with E-state index in [1.165, 1.54) is 17.5 Å². The number of nitrogens with one attached hydrogen (secondary N) is 1. The number of hydrogen-bond acceptors (Lipinski definition) is 4. The number of likely N-dealkylation sites (N-methyl/N-ethyl adjacent to an activating group) is 1. The number of rotatable bonds is 3. The molecular weight excluding hydrogens is 346 g/mol. The number of aryl methyl sites for hydroxylation is 2. The zero-order valence-corrected chi connectivity index (χ0v) is 16.0. The molecule has 7 nitrogen and oxygen atoms in total. The Bertz CT molecular complexity index is 766. The summed E-state index contributed by atoms with van der Waals surface area (Å²) < 4.78 is 11.1. The van der Waals surface area contributed by atoms with Gasteiger partial charge in [0.1, 0.15) is 11.4 Å². The predicted molar refractivity (Wildman–Crippen MR) is 99.9 cm³/mol. The van der Waals surface area contributed by atoms with Crippen molar-refractivity contribution < 1.29 is 19.1 Å². The van der Waals surface area contributed by atoms with Crippen molar-refractivity contribution in [3.05, 3.63) is 28.8 Å². The molecule has 0 radical (unpaired) electrons. The Balaban J connectivity index is 1.40. The lowest BCUT2D eigenvalue weighted by atomic mass is 9.93. The van der Waals surface area contributed by atoms with Gasteiger partial charge in [0.05, 0.1) is 20.2 Å². The van der Waals surface area contributed by atoms with E-state index in [0.717, 1.165) is 37.0 Å². The predicted octanol–water partition coefficient (Wildman–Crippen LogP) is 2.31. The molecule has 1 atom stereocenters. The standard InChI is InChI=1S/C20H27N3O4/c1-22-12-20(27-19(22)25)7-4-8-23(13-20)18(24)21-11-16-9-14-5-3-6-15(14)10-17(16)26-2/h9-10H,3-8,11-13H2,1-2H3,(H,21,24)/t20-/m0/s1. The highest BCUT2D eigenvalue weighted by Crippen LogP contribution is 2.32. The Morgan fingerprint density at radius 1 is 1.26 bits per heavy atom. The molecule has 2 aliphatic heterocycles. The fourth-order valence-corrected chi connectivity index (χ4v) is 4.54. The van der Waals surface area contributed by atoms with Gasteiger partial charge in [-0.15, -0.1) is 0 Å². The number of piperidine rings is 1. The van der Waals surface area contributed by atoms with Crippen LogP contribution in [0, 0.1) is 0 Å². The number of hydrogen-bond donors (Lipinski definition) is 1. The maximum Gasteiger partial charge on any atom is 0.410 e. The van der Waals surface area contributed by atoms with E-state index in [2.05, 4.69) is 17.4 Å². The summed E-state index contributed by atoms with van der Waals surface area (Å²) in [5.41, 5.74) is 3.15. The summed E-state index contributed by atoms with van der Waals surface area (Å²) in [6.45, 7) is 2.08. The summed E-state index contributed by atoms with van der Waals surface area (Å²) in [6, 6.07) is 4.14. The van der Waals surface area contributed by atoms with Crippen LogP contribution < -0.4 is 10.1 Å². The van der Waals surface area contributed by atoms with Gasteiger partial charge in [0.25, 0.3) is 0 Å². The maximum atomic E-state index is 12.7. The van der Waals surface area contributed by atoms with Crippen molar-refractivity contribution in [3.63, 3.8) is 0 Å². The van der Waals surface area contributed by atoms with E-state index >= 15 is 0 Å². The normalized spacial score (nSPS) is 24.1. The van der Waals surface area contributed by atoms with Crippen LogP contribution in [-0.4, -0.2) is 61.3 Å². The number of likely N-dealkylation sites (tertiary alicyclic amines) is 1. The van der Waals surface area contributed by atoms with E-state index < -0.39 is 5.60 Å². The third-order valence-corrected chi connectivity index (χ3v) is 5.89. The van der Waals surface area contributed by atoms with Crippen LogP contribution >= 0.6 is 0 Å². The van der Waals surface area contributed by atoms with Gasteiger partial charge in [-0.2, -0.15) is 0 Å². The molecule has 2 fully saturated rings. The van der Waals surface area contributed by atoms with Crippen molar-refractivity contribution in [3.8, 4) is 5.75 Å². The molecule has 2 heterocycles. The molecule has 0 aromatic heterocycles. The monoisotopic (exact) mass is 373 g/mol. The number of ether oxygens (including phenoxy) is 2. The smallest absolute Gasteiger partial charge is 0.410 e. The van der Waals surface area contributed by atoms with Crippen molar-refractivity contribution in [1.29, 1.82) is 0 Å². The van der Waals surface area contributed by atoms with Gasteiger partial charge in [-0.1, -0.05) is 6.07 Å². The molecule has 2 saturated heterocycles. The number of carbonyl (C=O) groups excluding carboxylic acids is 2. The molecule has 3 aliphatic rings. The molecule has 27 heavy (non-hydrogen) atoms. The number of methoxy groups -OCH3 is 1. The van der Waals surface area contributed by atoms with Crippen molar-refractivity contribution in [2.45, 2.75) is 44.2 Å². The van der Waals surface area contributed by atoms with Crippen molar-refractivity contribution in [1.82, 2.24) is 15.1 Å². The Morgan fingerprint density at radius 3 is 2.74 bits per heavy atom. The second-order valence-corrected chi connectivity index (χ2v) is 7.88. The van der Waals surface area contributed by atoms with Gasteiger partial charge in [-0.3, -0.25) is 0 Å². The molecule has 1 aliphatic carbocycles. The molecule has 3 amide bonds. The minimum Gasteiger partial charge on any atom is -0.496 e. The summed E-state index contributed by atoms with van der Waals surface area (Å²) in [5.74, 6) is 0.831. The Morgan fingerprint density at radius 2 is 2.04 bits per heavy atom. The lowest BCUT2D eigenvalue weighted by molar-refractivity contribution is 0.00317. The van der Waals surface area contributed by atoms with E-state index in [4.69, 9.17) is 9.47 Å². The van der Waals surface area contributed by atoms with Crippen molar-refractivity contribution in [2.75, 3.05) is 33.8 Å². The number of nitrogens with zero attached hydrogens (tertiary/aromatic N) is 2. The lowest BCUT2D eigenvalue weighted by Gasteiger charge is -2.38. The highest BCUT2D eigenvalue weighted by molar-refractivity contribution is 5.75. The van der Waals surface area contributed by atoms with Crippen LogP contribution in [0.3, 0.4) is 0 Å². The van der Waals surface area contributed by atoms with Crippen molar-refractivity contribution >= 4 is 12.1 Å². The number of urea groups is 1. The van der Waals surface area contributed by atoms with E-state index in [0.29, 0.717) is 26.2 Å². The van der Waals surface area contributed by atoms with Gasteiger partial charge >= 0.3 is 12.1 Å². The fraction of sp³-hybridized carbons (Fsp3) is 0.600. The van der Waals surface area contributed by atoms with Crippen LogP contribution in [0.4, 0.5) is 9.59 Å². The number of fused-ring (bicyclic) bond motifs is 1. The van der Waals surface area contributed by atoms with E-state index in [1.54, 1.807) is 24.0 Å². The van der Waals surface area contributed by atoms with Crippen LogP contribution in [0.2, 0.25) is 0 Å². The summed E-state index contributed by atoms with van der Waals surface area (Å²) in [5, 5.41) is 3.02. The number of carbonyl (C=O) groups is 2. The van der Waals surface area contributed by atoms with Gasteiger partial charge in [0.2, 0.25) is 0 Å². The van der Waals surface area contributed by atoms with Gasteiger partial charge in [0, 0.05) is 25.7 Å². The van der Waals surface area contributed by atoms with Gasteiger partial charge in [-0.05, 0) is 49.3 Å². The fourth-order valence-electron chi connectivity index (χ4n) is 4.54. The van der Waals surface area contributed by atoms with E-state index in [-0.39, 0.29) is 12.1 Å². The first kappa shape index (κ1) is 17.9. The molecule has 1 aromatic rings. The summed E-state index contributed by atoms with van der Waals surface area (Å²) >= 11 is 0. The molecular formula is C20H27N3O4. The minimum absolute atomic E-state index is 0.123. The first-order valence-corrected chi connectivity index (χ1v) is 9.65. The molecule has 7 heteroatoms. The first-order valence-electron chi connectivity index (χ1n) is 9.65. The molecule has 0 bridgehead atoms. The number of amides is 3. The maximum absolute atomic E-state index is 12.7. The first-order chi connectivity index (χ1) is 13.0. The third-order valence-electron chi connectivity index (χ3n) is 5.89. The van der Waals surface area contributed by atoms with Crippen LogP contribution in [0.1, 0.15) is 36.0 Å². The Kier molecular flexibility index (Phi) is 4.61. The molecule has 146 valence electrons. The second kappa shape index (κ2) is 6.94. The summed E-state index contributed by atoms with van der Waals surface area (Å²) in [4.78, 5) is 27.8. The molecule has 1 spiro atoms. The van der Waals surface area contributed by atoms with Gasteiger partial charge in [-0.25, -0.2) is 9.59 Å². The SMILES string of the molecule is COc1cc2c(cc1CNC(=O)N1CCC[C@]3(CN(C)C(=O)O3)C1)CCC2. The third kappa shape index (κ3) is 3.42. The Labute approximate surface area is 159 Å². The lowest BCUT2D eigenvalue weighted by Crippen LogP contribution is -2.54. The van der Waals surface area contributed by atoms with E-state index in [9.17, 15) is 9.59 Å². The molecule has 1 aromatic carbocycles. The second-order valence-electron chi connectivity index (χ2n) is 7.88. The van der Waals surface area contributed by atoms with Gasteiger partial charge in [0.15, 0.2) is 0 Å². The molecule has 1 N–H and O–H groups in total.